The van der Waals surface area contributed by atoms with Crippen LogP contribution in [-0.4, -0.2) is 11.2 Å². The van der Waals surface area contributed by atoms with Gasteiger partial charge in [-0.2, -0.15) is 5.26 Å². The third kappa shape index (κ3) is 2.34. The molecule has 0 spiro atoms. The van der Waals surface area contributed by atoms with Crippen LogP contribution in [0.4, 0.5) is 0 Å². The molecule has 0 aliphatic rings. The first-order chi connectivity index (χ1) is 6.69. The Hall–Kier alpha value is -1.33. The highest BCUT2D eigenvalue weighted by atomic mass is 16.3. The molecule has 0 bridgehead atoms. The van der Waals surface area contributed by atoms with Crippen LogP contribution < -0.4 is 0 Å². The first kappa shape index (κ1) is 10.7. The van der Waals surface area contributed by atoms with E-state index in [9.17, 15) is 5.11 Å². The summed E-state index contributed by atoms with van der Waals surface area (Å²) in [5, 5.41) is 18.5. The Morgan fingerprint density at radius 3 is 2.79 bits per heavy atom. The van der Waals surface area contributed by atoms with Crippen molar-refractivity contribution in [1.82, 2.24) is 0 Å². The first-order valence-electron chi connectivity index (χ1n) is 4.85. The number of hydrogen-bond acceptors (Lipinski definition) is 2. The van der Waals surface area contributed by atoms with Crippen LogP contribution in [0.1, 0.15) is 30.0 Å². The molecule has 1 N–H and O–H groups in total. The highest BCUT2D eigenvalue weighted by molar-refractivity contribution is 5.43. The summed E-state index contributed by atoms with van der Waals surface area (Å²) in [7, 11) is 0. The summed E-state index contributed by atoms with van der Waals surface area (Å²) in [6, 6.07) is 7.93. The lowest BCUT2D eigenvalue weighted by Gasteiger charge is -2.10. The van der Waals surface area contributed by atoms with Gasteiger partial charge < -0.3 is 5.11 Å². The molecule has 1 rings (SSSR count). The van der Waals surface area contributed by atoms with Crippen molar-refractivity contribution in [2.75, 3.05) is 0 Å². The third-order valence-electron chi connectivity index (χ3n) is 2.40. The van der Waals surface area contributed by atoms with Crippen molar-refractivity contribution in [2.24, 2.45) is 0 Å². The molecule has 1 aromatic carbocycles. The third-order valence-corrected chi connectivity index (χ3v) is 2.40. The van der Waals surface area contributed by atoms with Gasteiger partial charge in [-0.1, -0.05) is 25.1 Å². The van der Waals surface area contributed by atoms with Crippen LogP contribution >= 0.6 is 0 Å². The number of benzene rings is 1. The Bertz CT molecular complexity index is 352. The van der Waals surface area contributed by atoms with E-state index in [0.29, 0.717) is 12.0 Å². The summed E-state index contributed by atoms with van der Waals surface area (Å²) in [6.07, 6.45) is 0.948. The predicted molar refractivity (Wildman–Crippen MR) is 55.9 cm³/mol. The number of hydrogen-bond donors (Lipinski definition) is 1. The molecule has 1 atom stereocenters. The van der Waals surface area contributed by atoms with Gasteiger partial charge in [0.1, 0.15) is 0 Å². The van der Waals surface area contributed by atoms with E-state index in [1.165, 1.54) is 0 Å². The molecule has 0 fully saturated rings. The molecule has 0 aliphatic carbocycles. The zero-order valence-electron chi connectivity index (χ0n) is 8.62. The molecule has 1 unspecified atom stereocenters. The topological polar surface area (TPSA) is 44.0 Å². The summed E-state index contributed by atoms with van der Waals surface area (Å²) in [4.78, 5) is 0. The van der Waals surface area contributed by atoms with Crippen LogP contribution in [0, 0.1) is 18.3 Å². The zero-order chi connectivity index (χ0) is 10.6. The molecule has 0 amide bonds. The second kappa shape index (κ2) is 4.78. The van der Waals surface area contributed by atoms with E-state index >= 15 is 0 Å². The molecule has 2 heteroatoms. The maximum absolute atomic E-state index is 9.51. The van der Waals surface area contributed by atoms with Crippen molar-refractivity contribution >= 4 is 0 Å². The van der Waals surface area contributed by atoms with E-state index in [1.807, 2.05) is 32.0 Å². The van der Waals surface area contributed by atoms with Crippen molar-refractivity contribution in [2.45, 2.75) is 32.8 Å². The fourth-order valence-corrected chi connectivity index (χ4v) is 1.46. The van der Waals surface area contributed by atoms with E-state index in [1.54, 1.807) is 0 Å². The lowest BCUT2D eigenvalue weighted by Crippen LogP contribution is -2.10. The standard InChI is InChI=1S/C12H15NO/c1-3-11(14)7-10-6-4-5-9(2)12(10)8-13/h4-6,11,14H,3,7H2,1-2H3. The van der Waals surface area contributed by atoms with Crippen LogP contribution in [0.2, 0.25) is 0 Å². The number of aryl methyl sites for hydroxylation is 1. The van der Waals surface area contributed by atoms with Crippen molar-refractivity contribution in [1.29, 1.82) is 5.26 Å². The minimum absolute atomic E-state index is 0.344. The zero-order valence-corrected chi connectivity index (χ0v) is 8.62. The van der Waals surface area contributed by atoms with E-state index in [4.69, 9.17) is 5.26 Å². The van der Waals surface area contributed by atoms with Gasteiger partial charge in [-0.15, -0.1) is 0 Å². The maximum atomic E-state index is 9.51. The normalized spacial score (nSPS) is 12.1. The molecular weight excluding hydrogens is 174 g/mol. The quantitative estimate of drug-likeness (QED) is 0.792. The molecule has 2 nitrogen and oxygen atoms in total. The average Bonchev–Trinajstić information content (AvgIpc) is 2.18. The van der Waals surface area contributed by atoms with Gasteiger partial charge in [0.2, 0.25) is 0 Å². The fourth-order valence-electron chi connectivity index (χ4n) is 1.46. The van der Waals surface area contributed by atoms with Gasteiger partial charge >= 0.3 is 0 Å². The summed E-state index contributed by atoms with van der Waals surface area (Å²) in [6.45, 7) is 3.85. The number of aliphatic hydroxyl groups is 1. The van der Waals surface area contributed by atoms with Gasteiger partial charge in [0.25, 0.3) is 0 Å². The first-order valence-corrected chi connectivity index (χ1v) is 4.85. The highest BCUT2D eigenvalue weighted by Gasteiger charge is 2.08. The minimum atomic E-state index is -0.344. The summed E-state index contributed by atoms with van der Waals surface area (Å²) >= 11 is 0. The van der Waals surface area contributed by atoms with Crippen molar-refractivity contribution in [3.05, 3.63) is 34.9 Å². The molecule has 0 saturated heterocycles. The van der Waals surface area contributed by atoms with Crippen LogP contribution in [0.3, 0.4) is 0 Å². The van der Waals surface area contributed by atoms with Crippen molar-refractivity contribution in [3.8, 4) is 6.07 Å². The van der Waals surface area contributed by atoms with E-state index < -0.39 is 0 Å². The summed E-state index contributed by atoms with van der Waals surface area (Å²) < 4.78 is 0. The van der Waals surface area contributed by atoms with E-state index in [2.05, 4.69) is 6.07 Å². The number of nitrogens with zero attached hydrogens (tertiary/aromatic N) is 1. The van der Waals surface area contributed by atoms with E-state index in [0.717, 1.165) is 17.5 Å². The van der Waals surface area contributed by atoms with Crippen LogP contribution in [-0.2, 0) is 6.42 Å². The lowest BCUT2D eigenvalue weighted by molar-refractivity contribution is 0.170. The molecule has 0 saturated carbocycles. The van der Waals surface area contributed by atoms with Gasteiger partial charge in [0, 0.05) is 0 Å². The maximum Gasteiger partial charge on any atom is 0.0997 e. The molecule has 0 aliphatic heterocycles. The van der Waals surface area contributed by atoms with Crippen molar-refractivity contribution < 1.29 is 5.11 Å². The molecule has 74 valence electrons. The Balaban J connectivity index is 2.98. The fraction of sp³-hybridized carbons (Fsp3) is 0.417. The highest BCUT2D eigenvalue weighted by Crippen LogP contribution is 2.15. The molecular formula is C12H15NO. The van der Waals surface area contributed by atoms with Gasteiger partial charge in [-0.25, -0.2) is 0 Å². The van der Waals surface area contributed by atoms with Gasteiger partial charge in [-0.3, -0.25) is 0 Å². The molecule has 0 heterocycles. The monoisotopic (exact) mass is 189 g/mol. The number of aliphatic hydroxyl groups excluding tert-OH is 1. The Morgan fingerprint density at radius 1 is 1.50 bits per heavy atom. The Labute approximate surface area is 84.8 Å². The SMILES string of the molecule is CCC(O)Cc1cccc(C)c1C#N. The van der Waals surface area contributed by atoms with Crippen molar-refractivity contribution in [3.63, 3.8) is 0 Å². The van der Waals surface area contributed by atoms with Crippen LogP contribution in [0.25, 0.3) is 0 Å². The Morgan fingerprint density at radius 2 is 2.21 bits per heavy atom. The second-order valence-electron chi connectivity index (χ2n) is 3.49. The average molecular weight is 189 g/mol. The predicted octanol–water partition coefficient (Wildman–Crippen LogP) is 2.18. The van der Waals surface area contributed by atoms with Gasteiger partial charge in [-0.05, 0) is 30.9 Å². The van der Waals surface area contributed by atoms with Crippen LogP contribution in [0.15, 0.2) is 18.2 Å². The number of nitriles is 1. The van der Waals surface area contributed by atoms with Gasteiger partial charge in [0.05, 0.1) is 17.7 Å². The number of rotatable bonds is 3. The minimum Gasteiger partial charge on any atom is -0.393 e. The summed E-state index contributed by atoms with van der Waals surface area (Å²) in [5.41, 5.74) is 2.63. The molecule has 1 aromatic rings. The van der Waals surface area contributed by atoms with Gasteiger partial charge in [0.15, 0.2) is 0 Å². The largest absolute Gasteiger partial charge is 0.393 e. The second-order valence-corrected chi connectivity index (χ2v) is 3.49. The smallest absolute Gasteiger partial charge is 0.0997 e. The summed E-state index contributed by atoms with van der Waals surface area (Å²) in [5.74, 6) is 0. The molecule has 0 radical (unpaired) electrons. The van der Waals surface area contributed by atoms with E-state index in [-0.39, 0.29) is 6.10 Å². The molecule has 0 aromatic heterocycles. The Kier molecular flexibility index (Phi) is 3.67. The van der Waals surface area contributed by atoms with Crippen LogP contribution in [0.5, 0.6) is 0 Å². The molecule has 14 heavy (non-hydrogen) atoms. The lowest BCUT2D eigenvalue weighted by atomic mass is 9.98.